The van der Waals surface area contributed by atoms with Crippen LogP contribution in [0.3, 0.4) is 0 Å². The molecule has 4 heteroatoms. The van der Waals surface area contributed by atoms with Crippen molar-refractivity contribution in [3.8, 4) is 0 Å². The van der Waals surface area contributed by atoms with E-state index < -0.39 is 0 Å². The van der Waals surface area contributed by atoms with Gasteiger partial charge in [-0.2, -0.15) is 11.8 Å². The van der Waals surface area contributed by atoms with Crippen LogP contribution >= 0.6 is 11.8 Å². The van der Waals surface area contributed by atoms with Crippen LogP contribution in [0.15, 0.2) is 0 Å². The highest BCUT2D eigenvalue weighted by Gasteiger charge is 2.24. The summed E-state index contributed by atoms with van der Waals surface area (Å²) in [5.41, 5.74) is 0. The average Bonchev–Trinajstić information content (AvgIpc) is 2.25. The van der Waals surface area contributed by atoms with E-state index in [1.54, 1.807) is 11.8 Å². The molecule has 1 aliphatic heterocycles. The number of carbonyl (C=O) groups excluding carboxylic acids is 1. The number of carbonyl (C=O) groups is 1. The summed E-state index contributed by atoms with van der Waals surface area (Å²) in [7, 11) is 0. The first-order chi connectivity index (χ1) is 7.13. The Balaban J connectivity index is 2.26. The Morgan fingerprint density at radius 3 is 3.00 bits per heavy atom. The lowest BCUT2D eigenvalue weighted by molar-refractivity contribution is -0.123. The largest absolute Gasteiger partial charge is 0.354 e. The number of hydrogen-bond donors (Lipinski definition) is 2. The van der Waals surface area contributed by atoms with Gasteiger partial charge >= 0.3 is 0 Å². The Hall–Kier alpha value is -0.220. The number of nitrogens with one attached hydrogen (secondary N) is 2. The Bertz CT molecular complexity index is 211. The second-order valence-electron chi connectivity index (χ2n) is 4.43. The predicted octanol–water partition coefficient (Wildman–Crippen LogP) is 1.24. The SMILES string of the molecule is CSC(C)CNC(=O)C1CC(C)CCN1. The first-order valence-corrected chi connectivity index (χ1v) is 6.96. The molecule has 3 atom stereocenters. The third-order valence-electron chi connectivity index (χ3n) is 2.95. The summed E-state index contributed by atoms with van der Waals surface area (Å²) in [6, 6.07) is 0.0304. The maximum atomic E-state index is 11.8. The van der Waals surface area contributed by atoms with Gasteiger partial charge in [-0.1, -0.05) is 13.8 Å². The molecule has 0 saturated carbocycles. The second kappa shape index (κ2) is 6.38. The molecule has 2 N–H and O–H groups in total. The highest BCUT2D eigenvalue weighted by molar-refractivity contribution is 7.99. The van der Waals surface area contributed by atoms with Gasteiger partial charge in [0.25, 0.3) is 0 Å². The van der Waals surface area contributed by atoms with Crippen molar-refractivity contribution in [2.24, 2.45) is 5.92 Å². The number of thioether (sulfide) groups is 1. The third-order valence-corrected chi connectivity index (χ3v) is 3.92. The molecular weight excluding hydrogens is 208 g/mol. The molecule has 1 aliphatic rings. The topological polar surface area (TPSA) is 41.1 Å². The van der Waals surface area contributed by atoms with Crippen molar-refractivity contribution in [3.63, 3.8) is 0 Å². The normalized spacial score (nSPS) is 28.5. The summed E-state index contributed by atoms with van der Waals surface area (Å²) in [5.74, 6) is 0.836. The van der Waals surface area contributed by atoms with E-state index in [1.165, 1.54) is 6.42 Å². The van der Waals surface area contributed by atoms with E-state index >= 15 is 0 Å². The van der Waals surface area contributed by atoms with E-state index in [2.05, 4.69) is 30.7 Å². The van der Waals surface area contributed by atoms with Crippen molar-refractivity contribution < 1.29 is 4.79 Å². The zero-order valence-corrected chi connectivity index (χ0v) is 10.7. The minimum Gasteiger partial charge on any atom is -0.354 e. The van der Waals surface area contributed by atoms with E-state index in [0.29, 0.717) is 11.2 Å². The molecule has 88 valence electrons. The van der Waals surface area contributed by atoms with Gasteiger partial charge in [-0.15, -0.1) is 0 Å². The quantitative estimate of drug-likeness (QED) is 0.763. The summed E-state index contributed by atoms with van der Waals surface area (Å²) >= 11 is 1.78. The maximum Gasteiger partial charge on any atom is 0.237 e. The lowest BCUT2D eigenvalue weighted by Crippen LogP contribution is -2.49. The minimum atomic E-state index is 0.0304. The first-order valence-electron chi connectivity index (χ1n) is 5.67. The number of amides is 1. The number of piperidine rings is 1. The lowest BCUT2D eigenvalue weighted by Gasteiger charge is -2.27. The monoisotopic (exact) mass is 230 g/mol. The van der Waals surface area contributed by atoms with Gasteiger partial charge in [0.2, 0.25) is 5.91 Å². The summed E-state index contributed by atoms with van der Waals surface area (Å²) < 4.78 is 0. The van der Waals surface area contributed by atoms with Crippen LogP contribution in [0, 0.1) is 5.92 Å². The molecule has 1 fully saturated rings. The molecule has 1 amide bonds. The molecule has 0 aromatic rings. The van der Waals surface area contributed by atoms with Gasteiger partial charge < -0.3 is 10.6 Å². The fourth-order valence-electron chi connectivity index (χ4n) is 1.76. The summed E-state index contributed by atoms with van der Waals surface area (Å²) in [4.78, 5) is 11.8. The Labute approximate surface area is 96.8 Å². The summed E-state index contributed by atoms with van der Waals surface area (Å²) in [6.45, 7) is 6.08. The van der Waals surface area contributed by atoms with Crippen LogP contribution in [-0.2, 0) is 4.79 Å². The molecule has 0 aromatic carbocycles. The molecular formula is C11H22N2OS. The van der Waals surface area contributed by atoms with Crippen LogP contribution < -0.4 is 10.6 Å². The van der Waals surface area contributed by atoms with E-state index in [4.69, 9.17) is 0 Å². The van der Waals surface area contributed by atoms with Gasteiger partial charge in [-0.3, -0.25) is 4.79 Å². The van der Waals surface area contributed by atoms with Crippen molar-refractivity contribution in [3.05, 3.63) is 0 Å². The van der Waals surface area contributed by atoms with E-state index in [9.17, 15) is 4.79 Å². The molecule has 1 rings (SSSR count). The highest BCUT2D eigenvalue weighted by atomic mass is 32.2. The minimum absolute atomic E-state index is 0.0304. The van der Waals surface area contributed by atoms with Crippen molar-refractivity contribution >= 4 is 17.7 Å². The van der Waals surface area contributed by atoms with Gasteiger partial charge in [0.1, 0.15) is 0 Å². The van der Waals surface area contributed by atoms with Crippen LogP contribution in [0.25, 0.3) is 0 Å². The van der Waals surface area contributed by atoms with E-state index in [0.717, 1.165) is 19.5 Å². The smallest absolute Gasteiger partial charge is 0.237 e. The molecule has 15 heavy (non-hydrogen) atoms. The molecule has 3 nitrogen and oxygen atoms in total. The second-order valence-corrected chi connectivity index (χ2v) is 5.70. The van der Waals surface area contributed by atoms with Crippen molar-refractivity contribution in [1.82, 2.24) is 10.6 Å². The van der Waals surface area contributed by atoms with E-state index in [-0.39, 0.29) is 11.9 Å². The molecule has 0 aliphatic carbocycles. The predicted molar refractivity (Wildman–Crippen MR) is 66.2 cm³/mol. The zero-order valence-electron chi connectivity index (χ0n) is 9.88. The van der Waals surface area contributed by atoms with Gasteiger partial charge in [-0.25, -0.2) is 0 Å². The number of hydrogen-bond acceptors (Lipinski definition) is 3. The molecule has 1 saturated heterocycles. The molecule has 0 aromatic heterocycles. The van der Waals surface area contributed by atoms with Crippen LogP contribution in [0.4, 0.5) is 0 Å². The Kier molecular flexibility index (Phi) is 5.47. The van der Waals surface area contributed by atoms with Crippen molar-refractivity contribution in [2.45, 2.75) is 38.0 Å². The molecule has 0 bridgehead atoms. The molecule has 0 spiro atoms. The van der Waals surface area contributed by atoms with Crippen molar-refractivity contribution in [2.75, 3.05) is 19.3 Å². The molecule has 1 heterocycles. The van der Waals surface area contributed by atoms with Gasteiger partial charge in [0.15, 0.2) is 0 Å². The zero-order chi connectivity index (χ0) is 11.3. The van der Waals surface area contributed by atoms with Gasteiger partial charge in [0, 0.05) is 11.8 Å². The first kappa shape index (κ1) is 12.8. The maximum absolute atomic E-state index is 11.8. The Morgan fingerprint density at radius 1 is 1.67 bits per heavy atom. The van der Waals surface area contributed by atoms with Crippen LogP contribution in [-0.4, -0.2) is 36.5 Å². The summed E-state index contributed by atoms with van der Waals surface area (Å²) in [6.07, 6.45) is 4.22. The summed E-state index contributed by atoms with van der Waals surface area (Å²) in [5, 5.41) is 6.77. The van der Waals surface area contributed by atoms with Crippen molar-refractivity contribution in [1.29, 1.82) is 0 Å². The fourth-order valence-corrected chi connectivity index (χ4v) is 2.01. The van der Waals surface area contributed by atoms with Crippen LogP contribution in [0.2, 0.25) is 0 Å². The molecule has 3 unspecified atom stereocenters. The average molecular weight is 230 g/mol. The molecule has 0 radical (unpaired) electrons. The standard InChI is InChI=1S/C11H22N2OS/c1-8-4-5-12-10(6-8)11(14)13-7-9(2)15-3/h8-10,12H,4-7H2,1-3H3,(H,13,14). The van der Waals surface area contributed by atoms with Crippen LogP contribution in [0.5, 0.6) is 0 Å². The highest BCUT2D eigenvalue weighted by Crippen LogP contribution is 2.15. The lowest BCUT2D eigenvalue weighted by atomic mass is 9.94. The van der Waals surface area contributed by atoms with E-state index in [1.807, 2.05) is 0 Å². The fraction of sp³-hybridized carbons (Fsp3) is 0.909. The van der Waals surface area contributed by atoms with Gasteiger partial charge in [-0.05, 0) is 31.6 Å². The number of rotatable bonds is 4. The van der Waals surface area contributed by atoms with Crippen LogP contribution in [0.1, 0.15) is 26.7 Å². The van der Waals surface area contributed by atoms with Gasteiger partial charge in [0.05, 0.1) is 6.04 Å². The third kappa shape index (κ3) is 4.43. The Morgan fingerprint density at radius 2 is 2.40 bits per heavy atom.